The predicted octanol–water partition coefficient (Wildman–Crippen LogP) is 6.40. The molecule has 33 heavy (non-hydrogen) atoms. The fourth-order valence-corrected chi connectivity index (χ4v) is 4.10. The van der Waals surface area contributed by atoms with Crippen molar-refractivity contribution < 1.29 is 4.79 Å². The number of Topliss-reactive ketones (excluding diaryl/α,β-unsaturated/α-hetero) is 1. The fourth-order valence-electron chi connectivity index (χ4n) is 4.10. The molecule has 0 amide bonds. The van der Waals surface area contributed by atoms with E-state index in [1.807, 2.05) is 12.1 Å². The van der Waals surface area contributed by atoms with Crippen LogP contribution < -0.4 is 5.73 Å². The van der Waals surface area contributed by atoms with Crippen molar-refractivity contribution in [2.45, 2.75) is 46.0 Å². The summed E-state index contributed by atoms with van der Waals surface area (Å²) in [6, 6.07) is 21.0. The molecule has 4 aromatic rings. The van der Waals surface area contributed by atoms with Crippen LogP contribution in [0.5, 0.6) is 0 Å². The van der Waals surface area contributed by atoms with Crippen molar-refractivity contribution in [3.8, 4) is 22.4 Å². The molecule has 0 radical (unpaired) electrons. The fraction of sp³-hybridized carbons (Fsp3) is 0.276. The highest BCUT2D eigenvalue weighted by atomic mass is 16.1. The molecule has 0 spiro atoms. The molecule has 168 valence electrons. The maximum atomic E-state index is 12.4. The Morgan fingerprint density at radius 1 is 0.879 bits per heavy atom. The average Bonchev–Trinajstić information content (AvgIpc) is 2.85. The van der Waals surface area contributed by atoms with Crippen molar-refractivity contribution in [1.29, 1.82) is 0 Å². The summed E-state index contributed by atoms with van der Waals surface area (Å²) in [6.45, 7) is 4.49. The number of hydrogen-bond acceptors (Lipinski definition) is 4. The summed E-state index contributed by atoms with van der Waals surface area (Å²) in [4.78, 5) is 21.8. The number of benzene rings is 2. The Bertz CT molecular complexity index is 1240. The topological polar surface area (TPSA) is 68.9 Å². The number of hydrogen-bond donors (Lipinski definition) is 1. The second-order valence-corrected chi connectivity index (χ2v) is 8.57. The molecular weight excluding hydrogens is 406 g/mol. The highest BCUT2D eigenvalue weighted by Gasteiger charge is 2.12. The van der Waals surface area contributed by atoms with E-state index >= 15 is 0 Å². The number of carbonyl (C=O) groups excluding carboxylic acids is 1. The third kappa shape index (κ3) is 5.35. The van der Waals surface area contributed by atoms with E-state index in [1.54, 1.807) is 13.1 Å². The van der Waals surface area contributed by atoms with E-state index < -0.39 is 0 Å². The van der Waals surface area contributed by atoms with Gasteiger partial charge in [0.25, 0.3) is 0 Å². The smallest absolute Gasteiger partial charge is 0.160 e. The maximum absolute atomic E-state index is 12.4. The van der Waals surface area contributed by atoms with Gasteiger partial charge in [0.05, 0.1) is 11.2 Å². The Morgan fingerprint density at radius 3 is 2.18 bits per heavy atom. The number of nitrogens with zero attached hydrogens (tertiary/aromatic N) is 2. The Kier molecular flexibility index (Phi) is 7.26. The summed E-state index contributed by atoms with van der Waals surface area (Å²) < 4.78 is 0. The molecule has 4 rings (SSSR count). The van der Waals surface area contributed by atoms with Gasteiger partial charge < -0.3 is 5.73 Å². The highest BCUT2D eigenvalue weighted by Crippen LogP contribution is 2.28. The first-order valence-electron chi connectivity index (χ1n) is 11.8. The van der Waals surface area contributed by atoms with E-state index in [2.05, 4.69) is 60.4 Å². The quantitative estimate of drug-likeness (QED) is 0.308. The van der Waals surface area contributed by atoms with Gasteiger partial charge in [-0.2, -0.15) is 0 Å². The van der Waals surface area contributed by atoms with Crippen molar-refractivity contribution in [2.75, 3.05) is 6.54 Å². The number of nitrogens with two attached hydrogens (primary N) is 1. The number of pyridine rings is 2. The molecule has 4 nitrogen and oxygen atoms in total. The molecule has 0 saturated carbocycles. The lowest BCUT2D eigenvalue weighted by molar-refractivity contribution is 0.101. The molecule has 0 saturated heterocycles. The van der Waals surface area contributed by atoms with Crippen LogP contribution in [0.15, 0.2) is 66.9 Å². The molecule has 0 aliphatic carbocycles. The monoisotopic (exact) mass is 437 g/mol. The van der Waals surface area contributed by atoms with Crippen molar-refractivity contribution in [1.82, 2.24) is 9.97 Å². The number of rotatable bonds is 9. The molecule has 2 aromatic heterocycles. The van der Waals surface area contributed by atoms with Gasteiger partial charge in [0.15, 0.2) is 5.78 Å². The van der Waals surface area contributed by atoms with Gasteiger partial charge in [-0.15, -0.1) is 0 Å². The van der Waals surface area contributed by atoms with Gasteiger partial charge in [0, 0.05) is 28.4 Å². The minimum atomic E-state index is 0.0260. The molecule has 0 aliphatic rings. The van der Waals surface area contributed by atoms with Gasteiger partial charge >= 0.3 is 0 Å². The van der Waals surface area contributed by atoms with Crippen LogP contribution >= 0.6 is 0 Å². The number of ketones is 1. The molecule has 2 heterocycles. The van der Waals surface area contributed by atoms with Gasteiger partial charge in [0.2, 0.25) is 0 Å². The molecular formula is C29H31N3O. The van der Waals surface area contributed by atoms with Gasteiger partial charge in [-0.3, -0.25) is 9.78 Å². The lowest BCUT2D eigenvalue weighted by atomic mass is 9.99. The molecule has 0 atom stereocenters. The molecule has 0 aliphatic heterocycles. The minimum absolute atomic E-state index is 0.0260. The average molecular weight is 438 g/mol. The van der Waals surface area contributed by atoms with E-state index in [-0.39, 0.29) is 5.78 Å². The number of aryl methyl sites for hydroxylation is 2. The minimum Gasteiger partial charge on any atom is -0.330 e. The molecule has 2 N–H and O–H groups in total. The summed E-state index contributed by atoms with van der Waals surface area (Å²) in [6.07, 6.45) is 6.95. The molecule has 0 fully saturated rings. The Hall–Kier alpha value is -3.37. The molecule has 2 aromatic carbocycles. The zero-order valence-electron chi connectivity index (χ0n) is 19.5. The predicted molar refractivity (Wildman–Crippen MR) is 136 cm³/mol. The van der Waals surface area contributed by atoms with Gasteiger partial charge in [-0.25, -0.2) is 4.98 Å². The van der Waals surface area contributed by atoms with Gasteiger partial charge in [-0.05, 0) is 68.0 Å². The largest absolute Gasteiger partial charge is 0.330 e. The van der Waals surface area contributed by atoms with Crippen molar-refractivity contribution >= 4 is 16.7 Å². The van der Waals surface area contributed by atoms with E-state index in [9.17, 15) is 4.79 Å². The van der Waals surface area contributed by atoms with Crippen LogP contribution in [0.3, 0.4) is 0 Å². The Balaban J connectivity index is 1.65. The third-order valence-electron chi connectivity index (χ3n) is 6.05. The summed E-state index contributed by atoms with van der Waals surface area (Å²) in [5.74, 6) is 0.0260. The second kappa shape index (κ2) is 10.5. The molecule has 0 bridgehead atoms. The third-order valence-corrected chi connectivity index (χ3v) is 6.05. The van der Waals surface area contributed by atoms with Gasteiger partial charge in [0.1, 0.15) is 0 Å². The standard InChI is InChI=1S/C29H31N3O/c1-3-4-7-25-17-29-27(19-31-25)26(20(2)33)18-28(32-29)24-14-12-23(13-15-24)22-10-8-21(9-11-22)6-5-16-30/h8-15,17-19H,3-7,16,30H2,1-2H3. The van der Waals surface area contributed by atoms with Crippen LogP contribution in [-0.4, -0.2) is 22.3 Å². The van der Waals surface area contributed by atoms with Crippen LogP contribution in [0.4, 0.5) is 0 Å². The number of carbonyl (C=O) groups is 1. The van der Waals surface area contributed by atoms with E-state index in [4.69, 9.17) is 10.7 Å². The van der Waals surface area contributed by atoms with Crippen molar-refractivity contribution in [3.63, 3.8) is 0 Å². The molecule has 4 heteroatoms. The summed E-state index contributed by atoms with van der Waals surface area (Å²) in [5.41, 5.74) is 13.6. The zero-order valence-corrected chi connectivity index (χ0v) is 19.5. The van der Waals surface area contributed by atoms with E-state index in [1.165, 1.54) is 11.1 Å². The summed E-state index contributed by atoms with van der Waals surface area (Å²) in [5, 5.41) is 0.817. The van der Waals surface area contributed by atoms with Crippen LogP contribution in [-0.2, 0) is 12.8 Å². The first kappa shape index (κ1) is 22.8. The van der Waals surface area contributed by atoms with Gasteiger partial charge in [-0.1, -0.05) is 61.9 Å². The normalized spacial score (nSPS) is 11.1. The van der Waals surface area contributed by atoms with Crippen molar-refractivity contribution in [3.05, 3.63) is 83.7 Å². The number of unbranched alkanes of at least 4 members (excludes halogenated alkanes) is 1. The lowest BCUT2D eigenvalue weighted by Crippen LogP contribution is -2.00. The second-order valence-electron chi connectivity index (χ2n) is 8.57. The van der Waals surface area contributed by atoms with Crippen LogP contribution in [0.2, 0.25) is 0 Å². The van der Waals surface area contributed by atoms with E-state index in [0.717, 1.165) is 65.5 Å². The maximum Gasteiger partial charge on any atom is 0.160 e. The zero-order chi connectivity index (χ0) is 23.2. The van der Waals surface area contributed by atoms with Crippen LogP contribution in [0, 0.1) is 0 Å². The summed E-state index contributed by atoms with van der Waals surface area (Å²) in [7, 11) is 0. The lowest BCUT2D eigenvalue weighted by Gasteiger charge is -2.10. The van der Waals surface area contributed by atoms with E-state index in [0.29, 0.717) is 12.1 Å². The van der Waals surface area contributed by atoms with Crippen molar-refractivity contribution in [2.24, 2.45) is 5.73 Å². The first-order chi connectivity index (χ1) is 16.1. The highest BCUT2D eigenvalue weighted by molar-refractivity contribution is 6.07. The molecule has 0 unspecified atom stereocenters. The summed E-state index contributed by atoms with van der Waals surface area (Å²) >= 11 is 0. The first-order valence-corrected chi connectivity index (χ1v) is 11.8. The number of fused-ring (bicyclic) bond motifs is 1. The Morgan fingerprint density at radius 2 is 1.55 bits per heavy atom. The van der Waals surface area contributed by atoms with Crippen LogP contribution in [0.1, 0.15) is 54.7 Å². The SMILES string of the molecule is CCCCc1cc2nc(-c3ccc(-c4ccc(CCCN)cc4)cc3)cc(C(C)=O)c2cn1. The Labute approximate surface area is 195 Å². The van der Waals surface area contributed by atoms with Crippen LogP contribution in [0.25, 0.3) is 33.3 Å². The number of aromatic nitrogens is 2.